The number of hydrogen-bond donors (Lipinski definition) is 1. The van der Waals surface area contributed by atoms with Gasteiger partial charge in [0.1, 0.15) is 0 Å². The normalized spacial score (nSPS) is 16.0. The van der Waals surface area contributed by atoms with Crippen molar-refractivity contribution < 1.29 is 9.90 Å². The van der Waals surface area contributed by atoms with Crippen LogP contribution in [0.4, 0.5) is 0 Å². The van der Waals surface area contributed by atoms with Crippen LogP contribution in [0, 0.1) is 0 Å². The Morgan fingerprint density at radius 3 is 2.41 bits per heavy atom. The third-order valence-corrected chi connectivity index (χ3v) is 5.34. The summed E-state index contributed by atoms with van der Waals surface area (Å²) in [5.41, 5.74) is 7.50. The number of carbonyl (C=O) groups is 1. The summed E-state index contributed by atoms with van der Waals surface area (Å²) in [5, 5.41) is 12.0. The van der Waals surface area contributed by atoms with Crippen LogP contribution in [-0.4, -0.2) is 11.1 Å². The van der Waals surface area contributed by atoms with Crippen molar-refractivity contribution in [2.45, 2.75) is 57.8 Å². The van der Waals surface area contributed by atoms with E-state index in [1.54, 1.807) is 5.39 Å². The Balaban J connectivity index is 1.85. The molecule has 0 aromatic heterocycles. The van der Waals surface area contributed by atoms with Crippen LogP contribution >= 0.6 is 0 Å². The van der Waals surface area contributed by atoms with Crippen molar-refractivity contribution in [3.05, 3.63) is 46.0 Å². The Bertz CT molecular complexity index is 758. The van der Waals surface area contributed by atoms with Gasteiger partial charge >= 0.3 is 5.97 Å². The average molecular weight is 294 g/mol. The van der Waals surface area contributed by atoms with E-state index in [0.29, 0.717) is 0 Å². The molecule has 1 N–H and O–H groups in total. The predicted octanol–water partition coefficient (Wildman–Crippen LogP) is 4.22. The van der Waals surface area contributed by atoms with Crippen LogP contribution < -0.4 is 0 Å². The summed E-state index contributed by atoms with van der Waals surface area (Å²) in [6, 6.07) is 7.09. The van der Waals surface area contributed by atoms with E-state index in [-0.39, 0.29) is 6.42 Å². The molecule has 2 aliphatic rings. The minimum atomic E-state index is -0.682. The topological polar surface area (TPSA) is 37.3 Å². The highest BCUT2D eigenvalue weighted by Gasteiger charge is 2.22. The molecule has 0 heterocycles. The zero-order valence-corrected chi connectivity index (χ0v) is 13.0. The zero-order chi connectivity index (χ0) is 15.1. The number of aliphatic carboxylic acids is 1. The summed E-state index contributed by atoms with van der Waals surface area (Å²) >= 11 is 0. The van der Waals surface area contributed by atoms with Gasteiger partial charge in [0, 0.05) is 6.42 Å². The molecule has 2 aromatic carbocycles. The van der Waals surface area contributed by atoms with Crippen molar-refractivity contribution in [3.63, 3.8) is 0 Å². The fraction of sp³-hybridized carbons (Fsp3) is 0.450. The molecule has 0 aliphatic heterocycles. The highest BCUT2D eigenvalue weighted by atomic mass is 16.4. The lowest BCUT2D eigenvalue weighted by Crippen LogP contribution is -2.11. The first-order valence-electron chi connectivity index (χ1n) is 8.54. The van der Waals surface area contributed by atoms with Gasteiger partial charge in [-0.25, -0.2) is 0 Å². The maximum absolute atomic E-state index is 10.8. The third-order valence-electron chi connectivity index (χ3n) is 5.34. The minimum Gasteiger partial charge on any atom is -0.481 e. The zero-order valence-electron chi connectivity index (χ0n) is 13.0. The number of rotatable bonds is 4. The van der Waals surface area contributed by atoms with Gasteiger partial charge in [0.25, 0.3) is 0 Å². The Hall–Kier alpha value is -1.83. The smallest absolute Gasteiger partial charge is 0.303 e. The molecule has 0 unspecified atom stereocenters. The standard InChI is InChI=1S/C20H22O2/c21-18(22)9-3-6-15-12-16-7-1-4-13-10-11-14-5-2-8-17(15)20(14)19(13)16/h10-12H,1-9H2,(H,21,22). The first-order valence-corrected chi connectivity index (χ1v) is 8.54. The van der Waals surface area contributed by atoms with Gasteiger partial charge in [-0.05, 0) is 90.0 Å². The molecule has 114 valence electrons. The van der Waals surface area contributed by atoms with Gasteiger partial charge in [-0.1, -0.05) is 18.2 Å². The summed E-state index contributed by atoms with van der Waals surface area (Å²) in [4.78, 5) is 10.8. The summed E-state index contributed by atoms with van der Waals surface area (Å²) in [7, 11) is 0. The number of carboxylic acids is 1. The van der Waals surface area contributed by atoms with E-state index in [9.17, 15) is 4.79 Å². The molecule has 4 rings (SSSR count). The molecule has 0 fully saturated rings. The van der Waals surface area contributed by atoms with E-state index in [4.69, 9.17) is 5.11 Å². The van der Waals surface area contributed by atoms with E-state index < -0.39 is 5.97 Å². The lowest BCUT2D eigenvalue weighted by molar-refractivity contribution is -0.137. The lowest BCUT2D eigenvalue weighted by Gasteiger charge is -2.27. The van der Waals surface area contributed by atoms with Crippen molar-refractivity contribution in [3.8, 4) is 0 Å². The molecule has 0 saturated heterocycles. The van der Waals surface area contributed by atoms with Crippen LogP contribution in [0.25, 0.3) is 10.8 Å². The lowest BCUT2D eigenvalue weighted by atomic mass is 9.78. The number of aryl methyl sites for hydroxylation is 5. The summed E-state index contributed by atoms with van der Waals surface area (Å²) < 4.78 is 0. The molecule has 0 amide bonds. The van der Waals surface area contributed by atoms with E-state index >= 15 is 0 Å². The predicted molar refractivity (Wildman–Crippen MR) is 88.6 cm³/mol. The molecular formula is C20H22O2. The number of hydrogen-bond acceptors (Lipinski definition) is 1. The molecule has 2 aliphatic carbocycles. The quantitative estimate of drug-likeness (QED) is 0.916. The second kappa shape index (κ2) is 5.42. The van der Waals surface area contributed by atoms with Crippen LogP contribution in [-0.2, 0) is 36.9 Å². The number of benzene rings is 2. The minimum absolute atomic E-state index is 0.277. The molecule has 2 heteroatoms. The van der Waals surface area contributed by atoms with Gasteiger partial charge in [-0.15, -0.1) is 0 Å². The van der Waals surface area contributed by atoms with Gasteiger partial charge in [0.2, 0.25) is 0 Å². The Morgan fingerprint density at radius 2 is 1.64 bits per heavy atom. The van der Waals surface area contributed by atoms with Crippen LogP contribution in [0.1, 0.15) is 53.5 Å². The van der Waals surface area contributed by atoms with Crippen molar-refractivity contribution in [2.24, 2.45) is 0 Å². The molecule has 0 atom stereocenters. The molecule has 2 aromatic rings. The Kier molecular flexibility index (Phi) is 3.40. The first kappa shape index (κ1) is 13.8. The van der Waals surface area contributed by atoms with Crippen LogP contribution in [0.3, 0.4) is 0 Å². The van der Waals surface area contributed by atoms with Gasteiger partial charge in [-0.2, -0.15) is 0 Å². The van der Waals surface area contributed by atoms with Crippen molar-refractivity contribution in [1.82, 2.24) is 0 Å². The van der Waals surface area contributed by atoms with Gasteiger partial charge in [0.15, 0.2) is 0 Å². The Labute approximate surface area is 131 Å². The molecule has 0 radical (unpaired) electrons. The second-order valence-corrected chi connectivity index (χ2v) is 6.76. The summed E-state index contributed by atoms with van der Waals surface area (Å²) in [6.07, 6.45) is 9.16. The number of carboxylic acid groups (broad SMARTS) is 1. The molecule has 2 nitrogen and oxygen atoms in total. The maximum Gasteiger partial charge on any atom is 0.303 e. The van der Waals surface area contributed by atoms with E-state index in [1.807, 2.05) is 0 Å². The maximum atomic E-state index is 10.8. The first-order chi connectivity index (χ1) is 10.7. The van der Waals surface area contributed by atoms with Gasteiger partial charge in [0.05, 0.1) is 0 Å². The van der Waals surface area contributed by atoms with E-state index in [0.717, 1.165) is 19.3 Å². The monoisotopic (exact) mass is 294 g/mol. The molecular weight excluding hydrogens is 272 g/mol. The molecule has 22 heavy (non-hydrogen) atoms. The fourth-order valence-corrected chi connectivity index (χ4v) is 4.41. The van der Waals surface area contributed by atoms with Crippen molar-refractivity contribution in [2.75, 3.05) is 0 Å². The van der Waals surface area contributed by atoms with E-state index in [1.165, 1.54) is 65.3 Å². The second-order valence-electron chi connectivity index (χ2n) is 6.76. The molecule has 0 saturated carbocycles. The Morgan fingerprint density at radius 1 is 0.955 bits per heavy atom. The van der Waals surface area contributed by atoms with Crippen molar-refractivity contribution in [1.29, 1.82) is 0 Å². The third kappa shape index (κ3) is 2.22. The average Bonchev–Trinajstić information content (AvgIpc) is 2.53. The highest BCUT2D eigenvalue weighted by molar-refractivity contribution is 5.96. The van der Waals surface area contributed by atoms with Gasteiger partial charge < -0.3 is 5.11 Å². The SMILES string of the molecule is O=C(O)CCCc1cc2c3c(ccc4c3c1CCC4)CCC2. The van der Waals surface area contributed by atoms with Crippen LogP contribution in [0.5, 0.6) is 0 Å². The van der Waals surface area contributed by atoms with E-state index in [2.05, 4.69) is 18.2 Å². The van der Waals surface area contributed by atoms with Crippen molar-refractivity contribution >= 4 is 16.7 Å². The highest BCUT2D eigenvalue weighted by Crippen LogP contribution is 2.39. The van der Waals surface area contributed by atoms with Crippen LogP contribution in [0.15, 0.2) is 18.2 Å². The molecule has 0 bridgehead atoms. The van der Waals surface area contributed by atoms with Gasteiger partial charge in [-0.3, -0.25) is 4.79 Å². The summed E-state index contributed by atoms with van der Waals surface area (Å²) in [5.74, 6) is -0.682. The fourth-order valence-electron chi connectivity index (χ4n) is 4.41. The summed E-state index contributed by atoms with van der Waals surface area (Å²) in [6.45, 7) is 0. The largest absolute Gasteiger partial charge is 0.481 e. The van der Waals surface area contributed by atoms with Crippen LogP contribution in [0.2, 0.25) is 0 Å². The molecule has 0 spiro atoms.